The molecule has 1 atom stereocenters. The van der Waals surface area contributed by atoms with Crippen molar-refractivity contribution in [3.8, 4) is 0 Å². The summed E-state index contributed by atoms with van der Waals surface area (Å²) >= 11 is 11.7. The summed E-state index contributed by atoms with van der Waals surface area (Å²) in [4.78, 5) is 23.0. The predicted octanol–water partition coefficient (Wildman–Crippen LogP) is 0.630. The zero-order chi connectivity index (χ0) is 14.4. The van der Waals surface area contributed by atoms with Gasteiger partial charge in [-0.3, -0.25) is 9.59 Å². The fraction of sp³-hybridized carbons (Fsp3) is 0.333. The van der Waals surface area contributed by atoms with Crippen LogP contribution in [-0.4, -0.2) is 31.4 Å². The fourth-order valence-corrected chi connectivity index (χ4v) is 1.79. The van der Waals surface area contributed by atoms with Gasteiger partial charge in [0, 0.05) is 12.1 Å². The van der Waals surface area contributed by atoms with Crippen LogP contribution >= 0.6 is 23.2 Å². The van der Waals surface area contributed by atoms with E-state index in [1.54, 1.807) is 37.5 Å². The summed E-state index contributed by atoms with van der Waals surface area (Å²) in [7, 11) is 1.55. The van der Waals surface area contributed by atoms with E-state index in [-0.39, 0.29) is 18.4 Å². The normalized spacial score (nSPS) is 11.8. The average Bonchev–Trinajstić information content (AvgIpc) is 2.38. The lowest BCUT2D eigenvalue weighted by Crippen LogP contribution is -2.93. The third-order valence-corrected chi connectivity index (χ3v) is 3.09. The molecule has 0 unspecified atom stereocenters. The van der Waals surface area contributed by atoms with Gasteiger partial charge in [0.25, 0.3) is 11.8 Å². The van der Waals surface area contributed by atoms with Gasteiger partial charge >= 0.3 is 0 Å². The fourth-order valence-electron chi connectivity index (χ4n) is 1.33. The van der Waals surface area contributed by atoms with E-state index in [1.165, 1.54) is 0 Å². The standard InChI is InChI=1S/C12H15Cl2N3O2/c1-7(16-6-11(18)15-2)12(19)17-10-4-3-8(13)5-9(10)14/h3-5,7,16H,6H2,1-2H3,(H,15,18)(H,17,19)/p+1/t7-/m0/s1. The van der Waals surface area contributed by atoms with Gasteiger partial charge in [-0.05, 0) is 25.1 Å². The molecule has 0 aliphatic rings. The molecule has 1 aromatic carbocycles. The molecule has 0 aliphatic heterocycles. The van der Waals surface area contributed by atoms with E-state index in [2.05, 4.69) is 10.6 Å². The highest BCUT2D eigenvalue weighted by Gasteiger charge is 2.18. The van der Waals surface area contributed by atoms with Gasteiger partial charge in [0.15, 0.2) is 12.6 Å². The molecule has 0 heterocycles. The van der Waals surface area contributed by atoms with Gasteiger partial charge in [-0.2, -0.15) is 0 Å². The van der Waals surface area contributed by atoms with Crippen molar-refractivity contribution in [1.82, 2.24) is 5.32 Å². The number of halogens is 2. The summed E-state index contributed by atoms with van der Waals surface area (Å²) in [5.41, 5.74) is 0.497. The maximum Gasteiger partial charge on any atom is 0.282 e. The van der Waals surface area contributed by atoms with E-state index in [4.69, 9.17) is 23.2 Å². The number of nitrogens with two attached hydrogens (primary N) is 1. The Bertz CT molecular complexity index is 480. The van der Waals surface area contributed by atoms with Gasteiger partial charge in [-0.25, -0.2) is 0 Å². The monoisotopic (exact) mass is 304 g/mol. The van der Waals surface area contributed by atoms with Crippen molar-refractivity contribution < 1.29 is 14.9 Å². The van der Waals surface area contributed by atoms with Crippen molar-refractivity contribution in [2.75, 3.05) is 18.9 Å². The van der Waals surface area contributed by atoms with Gasteiger partial charge < -0.3 is 16.0 Å². The predicted molar refractivity (Wildman–Crippen MR) is 75.4 cm³/mol. The molecule has 5 nitrogen and oxygen atoms in total. The molecule has 0 fully saturated rings. The van der Waals surface area contributed by atoms with E-state index >= 15 is 0 Å². The second-order valence-corrected chi connectivity index (χ2v) is 4.86. The molecule has 0 aromatic heterocycles. The quantitative estimate of drug-likeness (QED) is 0.746. The van der Waals surface area contributed by atoms with Crippen molar-refractivity contribution in [1.29, 1.82) is 0 Å². The lowest BCUT2D eigenvalue weighted by Gasteiger charge is -2.12. The third kappa shape index (κ3) is 5.06. The smallest absolute Gasteiger partial charge is 0.282 e. The number of likely N-dealkylation sites (N-methyl/N-ethyl adjacent to an activating group) is 1. The molecule has 2 amide bonds. The van der Waals surface area contributed by atoms with Crippen molar-refractivity contribution in [2.45, 2.75) is 13.0 Å². The maximum atomic E-state index is 11.9. The highest BCUT2D eigenvalue weighted by Crippen LogP contribution is 2.25. The van der Waals surface area contributed by atoms with Crippen LogP contribution in [0.1, 0.15) is 6.92 Å². The zero-order valence-corrected chi connectivity index (χ0v) is 12.2. The minimum atomic E-state index is -0.399. The van der Waals surface area contributed by atoms with Gasteiger partial charge in [0.1, 0.15) is 0 Å². The van der Waals surface area contributed by atoms with Crippen molar-refractivity contribution in [3.63, 3.8) is 0 Å². The Morgan fingerprint density at radius 3 is 2.63 bits per heavy atom. The van der Waals surface area contributed by atoms with E-state index in [0.29, 0.717) is 15.7 Å². The minimum Gasteiger partial charge on any atom is -0.354 e. The van der Waals surface area contributed by atoms with Crippen molar-refractivity contribution in [2.24, 2.45) is 0 Å². The lowest BCUT2D eigenvalue weighted by molar-refractivity contribution is -0.662. The zero-order valence-electron chi connectivity index (χ0n) is 10.7. The molecule has 7 heteroatoms. The Labute approximate surface area is 121 Å². The Balaban J connectivity index is 2.56. The number of benzene rings is 1. The Kier molecular flexibility index (Phi) is 6.08. The first-order valence-corrected chi connectivity index (χ1v) is 6.49. The SMILES string of the molecule is CNC(=O)C[NH2+][C@@H](C)C(=O)Nc1ccc(Cl)cc1Cl. The van der Waals surface area contributed by atoms with Crippen molar-refractivity contribution in [3.05, 3.63) is 28.2 Å². The molecule has 0 saturated carbocycles. The van der Waals surface area contributed by atoms with Crippen LogP contribution < -0.4 is 16.0 Å². The van der Waals surface area contributed by atoms with Crippen LogP contribution in [0.5, 0.6) is 0 Å². The second kappa shape index (κ2) is 7.33. The number of anilines is 1. The van der Waals surface area contributed by atoms with Gasteiger partial charge in [0.2, 0.25) is 0 Å². The number of carbonyl (C=O) groups excluding carboxylic acids is 2. The number of nitrogens with one attached hydrogen (secondary N) is 2. The molecule has 4 N–H and O–H groups in total. The maximum absolute atomic E-state index is 11.9. The lowest BCUT2D eigenvalue weighted by atomic mass is 10.2. The highest BCUT2D eigenvalue weighted by atomic mass is 35.5. The summed E-state index contributed by atoms with van der Waals surface area (Å²) in [6.07, 6.45) is 0. The van der Waals surface area contributed by atoms with Crippen LogP contribution in [0.15, 0.2) is 18.2 Å². The number of hydrogen-bond donors (Lipinski definition) is 3. The molecule has 104 valence electrons. The largest absolute Gasteiger partial charge is 0.354 e. The molecular formula is C12H16Cl2N3O2+. The van der Waals surface area contributed by atoms with Gasteiger partial charge in [-0.15, -0.1) is 0 Å². The van der Waals surface area contributed by atoms with Gasteiger partial charge in [0.05, 0.1) is 10.7 Å². The number of quaternary nitrogens is 1. The van der Waals surface area contributed by atoms with Crippen LogP contribution in [0.2, 0.25) is 10.0 Å². The van der Waals surface area contributed by atoms with Crippen molar-refractivity contribution >= 4 is 40.7 Å². The summed E-state index contributed by atoms with van der Waals surface area (Å²) in [5, 5.41) is 7.69. The number of carbonyl (C=O) groups is 2. The van der Waals surface area contributed by atoms with Crippen LogP contribution in [0, 0.1) is 0 Å². The first kappa shape index (κ1) is 15.8. The van der Waals surface area contributed by atoms with Crippen LogP contribution in [0.4, 0.5) is 5.69 Å². The summed E-state index contributed by atoms with van der Waals surface area (Å²) in [6.45, 7) is 1.90. The number of amides is 2. The molecule has 0 bridgehead atoms. The summed E-state index contributed by atoms with van der Waals surface area (Å²) in [6, 6.07) is 4.43. The molecule has 0 radical (unpaired) electrons. The Hall–Kier alpha value is -1.30. The Morgan fingerprint density at radius 2 is 2.05 bits per heavy atom. The van der Waals surface area contributed by atoms with Crippen LogP contribution in [0.3, 0.4) is 0 Å². The summed E-state index contributed by atoms with van der Waals surface area (Å²) in [5.74, 6) is -0.364. The number of rotatable bonds is 5. The van der Waals surface area contributed by atoms with E-state index in [1.807, 2.05) is 0 Å². The molecule has 0 aliphatic carbocycles. The van der Waals surface area contributed by atoms with E-state index in [0.717, 1.165) is 0 Å². The van der Waals surface area contributed by atoms with E-state index < -0.39 is 6.04 Å². The topological polar surface area (TPSA) is 74.8 Å². The second-order valence-electron chi connectivity index (χ2n) is 4.02. The molecule has 0 saturated heterocycles. The third-order valence-electron chi connectivity index (χ3n) is 2.54. The Morgan fingerprint density at radius 1 is 1.37 bits per heavy atom. The van der Waals surface area contributed by atoms with Crippen LogP contribution in [-0.2, 0) is 9.59 Å². The first-order chi connectivity index (χ1) is 8.93. The molecular weight excluding hydrogens is 289 g/mol. The average molecular weight is 305 g/mol. The minimum absolute atomic E-state index is 0.135. The van der Waals surface area contributed by atoms with Gasteiger partial charge in [-0.1, -0.05) is 23.2 Å². The highest BCUT2D eigenvalue weighted by molar-refractivity contribution is 6.36. The van der Waals surface area contributed by atoms with Crippen LogP contribution in [0.25, 0.3) is 0 Å². The van der Waals surface area contributed by atoms with E-state index in [9.17, 15) is 9.59 Å². The molecule has 0 spiro atoms. The molecule has 1 rings (SSSR count). The number of hydrogen-bond acceptors (Lipinski definition) is 2. The summed E-state index contributed by atoms with van der Waals surface area (Å²) < 4.78 is 0. The first-order valence-electron chi connectivity index (χ1n) is 5.74. The molecule has 19 heavy (non-hydrogen) atoms. The molecule has 1 aromatic rings.